The lowest BCUT2D eigenvalue weighted by atomic mass is 10.2. The number of aromatic nitrogens is 1. The highest BCUT2D eigenvalue weighted by Gasteiger charge is 2.15. The lowest BCUT2D eigenvalue weighted by Gasteiger charge is -2.12. The van der Waals surface area contributed by atoms with Crippen LogP contribution in [0.5, 0.6) is 11.8 Å². The first-order valence-corrected chi connectivity index (χ1v) is 7.87. The number of nitrogens with one attached hydrogen (secondary N) is 1. The smallest absolute Gasteiger partial charge is 0.256 e. The lowest BCUT2D eigenvalue weighted by molar-refractivity contribution is 0.0919. The largest absolute Gasteiger partial charge is 0.477 e. The zero-order chi connectivity index (χ0) is 17.4. The van der Waals surface area contributed by atoms with Gasteiger partial charge in [-0.15, -0.1) is 0 Å². The number of amides is 1. The van der Waals surface area contributed by atoms with Crippen molar-refractivity contribution in [2.45, 2.75) is 26.6 Å². The maximum atomic E-state index is 12.2. The molecule has 0 radical (unpaired) electrons. The van der Waals surface area contributed by atoms with Crippen LogP contribution in [0, 0.1) is 0 Å². The van der Waals surface area contributed by atoms with Crippen LogP contribution in [0.1, 0.15) is 29.8 Å². The standard InChI is InChI=1S/C18H22N2O4/c1-3-23-18-15(17(22)19-11-13(2)21)9-10-16(20-18)24-12-14-7-5-4-6-8-14/h4-10,13,21H,3,11-12H2,1-2H3,(H,19,22). The van der Waals surface area contributed by atoms with Crippen LogP contribution in [0.2, 0.25) is 0 Å². The Kier molecular flexibility index (Phi) is 6.57. The number of nitrogens with zero attached hydrogens (tertiary/aromatic N) is 1. The number of aliphatic hydroxyl groups is 1. The highest BCUT2D eigenvalue weighted by molar-refractivity contribution is 5.96. The molecular weight excluding hydrogens is 308 g/mol. The second-order valence-electron chi connectivity index (χ2n) is 5.27. The first kappa shape index (κ1) is 17.7. The van der Waals surface area contributed by atoms with E-state index in [1.165, 1.54) is 0 Å². The zero-order valence-corrected chi connectivity index (χ0v) is 13.9. The van der Waals surface area contributed by atoms with Crippen molar-refractivity contribution in [3.8, 4) is 11.8 Å². The Labute approximate surface area is 141 Å². The summed E-state index contributed by atoms with van der Waals surface area (Å²) in [5, 5.41) is 11.9. The van der Waals surface area contributed by atoms with Gasteiger partial charge < -0.3 is 19.9 Å². The topological polar surface area (TPSA) is 80.7 Å². The lowest BCUT2D eigenvalue weighted by Crippen LogP contribution is -2.31. The Hall–Kier alpha value is -2.60. The highest BCUT2D eigenvalue weighted by Crippen LogP contribution is 2.21. The summed E-state index contributed by atoms with van der Waals surface area (Å²) in [4.78, 5) is 16.4. The molecule has 6 heteroatoms. The minimum absolute atomic E-state index is 0.163. The number of benzene rings is 1. The van der Waals surface area contributed by atoms with Crippen LogP contribution >= 0.6 is 0 Å². The molecule has 1 atom stereocenters. The summed E-state index contributed by atoms with van der Waals surface area (Å²) < 4.78 is 11.1. The minimum Gasteiger partial charge on any atom is -0.477 e. The SMILES string of the molecule is CCOc1nc(OCc2ccccc2)ccc1C(=O)NCC(C)O. The van der Waals surface area contributed by atoms with Gasteiger partial charge in [0.25, 0.3) is 5.91 Å². The van der Waals surface area contributed by atoms with Crippen molar-refractivity contribution in [3.05, 3.63) is 53.6 Å². The average molecular weight is 330 g/mol. The molecule has 0 saturated carbocycles. The van der Waals surface area contributed by atoms with Crippen molar-refractivity contribution in [2.24, 2.45) is 0 Å². The van der Waals surface area contributed by atoms with Gasteiger partial charge in [-0.2, -0.15) is 4.98 Å². The van der Waals surface area contributed by atoms with Gasteiger partial charge in [0, 0.05) is 12.6 Å². The first-order chi connectivity index (χ1) is 11.6. The van der Waals surface area contributed by atoms with Crippen LogP contribution in [0.15, 0.2) is 42.5 Å². The molecule has 6 nitrogen and oxygen atoms in total. The molecule has 1 heterocycles. The number of hydrogen-bond donors (Lipinski definition) is 2. The zero-order valence-electron chi connectivity index (χ0n) is 13.9. The maximum Gasteiger partial charge on any atom is 0.256 e. The van der Waals surface area contributed by atoms with Crippen LogP contribution in [0.25, 0.3) is 0 Å². The molecule has 0 aliphatic carbocycles. The second kappa shape index (κ2) is 8.88. The molecule has 0 saturated heterocycles. The Balaban J connectivity index is 2.09. The molecule has 2 N–H and O–H groups in total. The van der Waals surface area contributed by atoms with E-state index in [4.69, 9.17) is 9.47 Å². The van der Waals surface area contributed by atoms with E-state index in [1.54, 1.807) is 19.1 Å². The quantitative estimate of drug-likeness (QED) is 0.775. The van der Waals surface area contributed by atoms with E-state index in [9.17, 15) is 9.90 Å². The van der Waals surface area contributed by atoms with E-state index in [-0.39, 0.29) is 18.3 Å². The third-order valence-electron chi connectivity index (χ3n) is 3.15. The Bertz CT molecular complexity index is 659. The number of ether oxygens (including phenoxy) is 2. The molecule has 2 aromatic rings. The molecule has 2 rings (SSSR count). The number of aliphatic hydroxyl groups excluding tert-OH is 1. The van der Waals surface area contributed by atoms with Gasteiger partial charge in [0.2, 0.25) is 11.8 Å². The van der Waals surface area contributed by atoms with Crippen molar-refractivity contribution < 1.29 is 19.4 Å². The molecule has 24 heavy (non-hydrogen) atoms. The van der Waals surface area contributed by atoms with E-state index in [1.807, 2.05) is 37.3 Å². The third kappa shape index (κ3) is 5.24. The number of pyridine rings is 1. The van der Waals surface area contributed by atoms with Crippen molar-refractivity contribution in [2.75, 3.05) is 13.2 Å². The van der Waals surface area contributed by atoms with Crippen molar-refractivity contribution in [3.63, 3.8) is 0 Å². The molecule has 0 aliphatic heterocycles. The summed E-state index contributed by atoms with van der Waals surface area (Å²) in [5.74, 6) is 0.252. The second-order valence-corrected chi connectivity index (χ2v) is 5.27. The van der Waals surface area contributed by atoms with Gasteiger partial charge in [-0.1, -0.05) is 30.3 Å². The van der Waals surface area contributed by atoms with Crippen LogP contribution in [0.4, 0.5) is 0 Å². The summed E-state index contributed by atoms with van der Waals surface area (Å²) in [7, 11) is 0. The van der Waals surface area contributed by atoms with E-state index in [0.717, 1.165) is 5.56 Å². The van der Waals surface area contributed by atoms with E-state index >= 15 is 0 Å². The number of carbonyl (C=O) groups is 1. The van der Waals surface area contributed by atoms with Crippen LogP contribution in [0.3, 0.4) is 0 Å². The molecule has 128 valence electrons. The van der Waals surface area contributed by atoms with E-state index in [0.29, 0.717) is 24.7 Å². The normalized spacial score (nSPS) is 11.6. The Morgan fingerprint density at radius 2 is 1.96 bits per heavy atom. The monoisotopic (exact) mass is 330 g/mol. The van der Waals surface area contributed by atoms with Gasteiger partial charge in [0.05, 0.1) is 12.7 Å². The number of rotatable bonds is 8. The molecule has 1 amide bonds. The highest BCUT2D eigenvalue weighted by atomic mass is 16.5. The van der Waals surface area contributed by atoms with Crippen molar-refractivity contribution in [1.82, 2.24) is 10.3 Å². The predicted octanol–water partition coefficient (Wildman–Crippen LogP) is 2.17. The third-order valence-corrected chi connectivity index (χ3v) is 3.15. The summed E-state index contributed by atoms with van der Waals surface area (Å²) in [5.41, 5.74) is 1.33. The fourth-order valence-electron chi connectivity index (χ4n) is 1.99. The van der Waals surface area contributed by atoms with Crippen molar-refractivity contribution >= 4 is 5.91 Å². The minimum atomic E-state index is -0.620. The van der Waals surface area contributed by atoms with Gasteiger partial charge in [-0.05, 0) is 25.5 Å². The van der Waals surface area contributed by atoms with Gasteiger partial charge in [0.1, 0.15) is 12.2 Å². The number of carbonyl (C=O) groups excluding carboxylic acids is 1. The molecule has 0 bridgehead atoms. The predicted molar refractivity (Wildman–Crippen MR) is 90.2 cm³/mol. The van der Waals surface area contributed by atoms with Crippen LogP contribution < -0.4 is 14.8 Å². The molecule has 0 spiro atoms. The summed E-state index contributed by atoms with van der Waals surface area (Å²) >= 11 is 0. The first-order valence-electron chi connectivity index (χ1n) is 7.87. The molecule has 1 aromatic heterocycles. The molecular formula is C18H22N2O4. The van der Waals surface area contributed by atoms with E-state index in [2.05, 4.69) is 10.3 Å². The summed E-state index contributed by atoms with van der Waals surface area (Å²) in [6, 6.07) is 13.0. The average Bonchev–Trinajstić information content (AvgIpc) is 2.59. The molecule has 1 unspecified atom stereocenters. The van der Waals surface area contributed by atoms with Crippen molar-refractivity contribution in [1.29, 1.82) is 0 Å². The fourth-order valence-corrected chi connectivity index (χ4v) is 1.99. The number of hydrogen-bond acceptors (Lipinski definition) is 5. The van der Waals surface area contributed by atoms with Crippen LogP contribution in [-0.2, 0) is 6.61 Å². The maximum absolute atomic E-state index is 12.2. The van der Waals surface area contributed by atoms with Gasteiger partial charge >= 0.3 is 0 Å². The van der Waals surface area contributed by atoms with Gasteiger partial charge in [-0.25, -0.2) is 0 Å². The molecule has 0 aliphatic rings. The fraction of sp³-hybridized carbons (Fsp3) is 0.333. The summed E-state index contributed by atoms with van der Waals surface area (Å²) in [6.07, 6.45) is -0.620. The molecule has 1 aromatic carbocycles. The van der Waals surface area contributed by atoms with Gasteiger partial charge in [0.15, 0.2) is 0 Å². The summed E-state index contributed by atoms with van der Waals surface area (Å²) in [6.45, 7) is 4.34. The van der Waals surface area contributed by atoms with Gasteiger partial charge in [-0.3, -0.25) is 4.79 Å². The Morgan fingerprint density at radius 3 is 2.62 bits per heavy atom. The molecule has 0 fully saturated rings. The Morgan fingerprint density at radius 1 is 1.21 bits per heavy atom. The van der Waals surface area contributed by atoms with E-state index < -0.39 is 6.10 Å². The van der Waals surface area contributed by atoms with Crippen LogP contribution in [-0.4, -0.2) is 35.3 Å².